The van der Waals surface area contributed by atoms with Gasteiger partial charge in [-0.3, -0.25) is 19.8 Å². The first-order chi connectivity index (χ1) is 12.5. The number of phenols is 1. The maximum absolute atomic E-state index is 12.5. The lowest BCUT2D eigenvalue weighted by Crippen LogP contribution is -2.49. The zero-order valence-electron chi connectivity index (χ0n) is 14.4. The summed E-state index contributed by atoms with van der Waals surface area (Å²) >= 11 is 0. The van der Waals surface area contributed by atoms with Gasteiger partial charge in [-0.05, 0) is 30.2 Å². The average Bonchev–Trinajstić information content (AvgIpc) is 2.67. The number of carbonyl (C=O) groups is 1. The topological polar surface area (TPSA) is 86.9 Å². The van der Waals surface area contributed by atoms with Gasteiger partial charge in [0.25, 0.3) is 11.6 Å². The zero-order chi connectivity index (χ0) is 18.5. The molecule has 1 aliphatic rings. The van der Waals surface area contributed by atoms with Crippen molar-refractivity contribution in [3.63, 3.8) is 0 Å². The normalized spacial score (nSPS) is 15.0. The summed E-state index contributed by atoms with van der Waals surface area (Å²) in [6.45, 7) is 3.61. The highest BCUT2D eigenvalue weighted by atomic mass is 16.6. The van der Waals surface area contributed by atoms with Crippen LogP contribution >= 0.6 is 0 Å². The molecule has 1 saturated heterocycles. The van der Waals surface area contributed by atoms with E-state index >= 15 is 0 Å². The molecule has 2 aromatic carbocycles. The molecule has 7 heteroatoms. The van der Waals surface area contributed by atoms with Crippen molar-refractivity contribution in [2.75, 3.05) is 32.7 Å². The molecule has 0 bridgehead atoms. The van der Waals surface area contributed by atoms with Crippen molar-refractivity contribution in [2.24, 2.45) is 0 Å². The number of phenolic OH excluding ortho intramolecular Hbond substituents is 1. The van der Waals surface area contributed by atoms with E-state index in [1.165, 1.54) is 24.3 Å². The van der Waals surface area contributed by atoms with Crippen molar-refractivity contribution in [3.05, 3.63) is 69.8 Å². The molecule has 0 aliphatic carbocycles. The molecular weight excluding hydrogens is 334 g/mol. The molecule has 0 saturated carbocycles. The molecule has 0 radical (unpaired) electrons. The van der Waals surface area contributed by atoms with Crippen molar-refractivity contribution >= 4 is 11.6 Å². The Hall–Kier alpha value is -2.93. The number of amides is 1. The number of para-hydroxylation sites is 1. The fourth-order valence-electron chi connectivity index (χ4n) is 3.08. The van der Waals surface area contributed by atoms with Gasteiger partial charge in [-0.15, -0.1) is 0 Å². The zero-order valence-corrected chi connectivity index (χ0v) is 14.4. The second kappa shape index (κ2) is 7.97. The summed E-state index contributed by atoms with van der Waals surface area (Å²) in [4.78, 5) is 26.8. The van der Waals surface area contributed by atoms with Crippen LogP contribution in [-0.4, -0.2) is 58.5 Å². The Morgan fingerprint density at radius 3 is 2.31 bits per heavy atom. The lowest BCUT2D eigenvalue weighted by Gasteiger charge is -2.34. The standard InChI is InChI=1S/C19H21N3O4/c23-18-4-2-1-3-15(18)9-10-20-11-13-21(14-12-20)19(24)16-5-7-17(8-6-16)22(25)26/h1-8,23H,9-14H2. The van der Waals surface area contributed by atoms with Crippen molar-refractivity contribution in [2.45, 2.75) is 6.42 Å². The van der Waals surface area contributed by atoms with Gasteiger partial charge in [0.2, 0.25) is 0 Å². The maximum atomic E-state index is 12.5. The largest absolute Gasteiger partial charge is 0.508 e. The number of carbonyl (C=O) groups excluding carboxylic acids is 1. The number of piperazine rings is 1. The number of hydrogen-bond acceptors (Lipinski definition) is 5. The molecule has 2 aromatic rings. The Morgan fingerprint density at radius 2 is 1.69 bits per heavy atom. The van der Waals surface area contributed by atoms with Crippen molar-refractivity contribution < 1.29 is 14.8 Å². The van der Waals surface area contributed by atoms with E-state index in [-0.39, 0.29) is 11.6 Å². The Kier molecular flexibility index (Phi) is 5.48. The van der Waals surface area contributed by atoms with Crippen LogP contribution in [0.2, 0.25) is 0 Å². The summed E-state index contributed by atoms with van der Waals surface area (Å²) in [6.07, 6.45) is 0.767. The lowest BCUT2D eigenvalue weighted by molar-refractivity contribution is -0.384. The third kappa shape index (κ3) is 4.18. The highest BCUT2D eigenvalue weighted by molar-refractivity contribution is 5.94. The van der Waals surface area contributed by atoms with Gasteiger partial charge in [0.05, 0.1) is 4.92 Å². The first-order valence-corrected chi connectivity index (χ1v) is 8.57. The molecular formula is C19H21N3O4. The molecule has 0 unspecified atom stereocenters. The highest BCUT2D eigenvalue weighted by Gasteiger charge is 2.22. The molecule has 136 valence electrons. The first kappa shape index (κ1) is 17.9. The molecule has 0 atom stereocenters. The number of nitro groups is 1. The summed E-state index contributed by atoms with van der Waals surface area (Å²) < 4.78 is 0. The van der Waals surface area contributed by atoms with E-state index in [9.17, 15) is 20.0 Å². The van der Waals surface area contributed by atoms with Crippen LogP contribution in [-0.2, 0) is 6.42 Å². The van der Waals surface area contributed by atoms with Crippen molar-refractivity contribution in [3.8, 4) is 5.75 Å². The molecule has 26 heavy (non-hydrogen) atoms. The first-order valence-electron chi connectivity index (χ1n) is 8.57. The second-order valence-electron chi connectivity index (χ2n) is 6.32. The Balaban J connectivity index is 1.50. The summed E-state index contributed by atoms with van der Waals surface area (Å²) in [5, 5.41) is 20.5. The lowest BCUT2D eigenvalue weighted by atomic mass is 10.1. The molecule has 7 nitrogen and oxygen atoms in total. The number of aromatic hydroxyl groups is 1. The van der Waals surface area contributed by atoms with Gasteiger partial charge in [-0.25, -0.2) is 0 Å². The van der Waals surface area contributed by atoms with Crippen LogP contribution < -0.4 is 0 Å². The summed E-state index contributed by atoms with van der Waals surface area (Å²) in [6, 6.07) is 13.1. The molecule has 1 amide bonds. The van der Waals surface area contributed by atoms with Crippen molar-refractivity contribution in [1.82, 2.24) is 9.80 Å². The SMILES string of the molecule is O=C(c1ccc([N+](=O)[O-])cc1)N1CCN(CCc2ccccc2O)CC1. The van der Waals surface area contributed by atoms with Crippen LogP contribution in [0, 0.1) is 10.1 Å². The molecule has 0 aromatic heterocycles. The number of non-ortho nitro benzene ring substituents is 1. The second-order valence-corrected chi connectivity index (χ2v) is 6.32. The molecule has 0 spiro atoms. The van der Waals surface area contributed by atoms with Crippen LogP contribution in [0.15, 0.2) is 48.5 Å². The molecule has 1 heterocycles. The van der Waals surface area contributed by atoms with Crippen LogP contribution in [0.1, 0.15) is 15.9 Å². The van der Waals surface area contributed by atoms with E-state index in [1.54, 1.807) is 17.0 Å². The monoisotopic (exact) mass is 355 g/mol. The minimum absolute atomic E-state index is 0.0180. The van der Waals surface area contributed by atoms with Gasteiger partial charge in [0.15, 0.2) is 0 Å². The Morgan fingerprint density at radius 1 is 1.04 bits per heavy atom. The Bertz CT molecular complexity index is 784. The number of rotatable bonds is 5. The van der Waals surface area contributed by atoms with Crippen molar-refractivity contribution in [1.29, 1.82) is 0 Å². The fourth-order valence-corrected chi connectivity index (χ4v) is 3.08. The number of benzene rings is 2. The third-order valence-corrected chi connectivity index (χ3v) is 4.67. The summed E-state index contributed by atoms with van der Waals surface area (Å²) in [5.41, 5.74) is 1.38. The number of nitro benzene ring substituents is 1. The van der Waals surface area contributed by atoms with Gasteiger partial charge in [-0.1, -0.05) is 18.2 Å². The van der Waals surface area contributed by atoms with Crippen LogP contribution in [0.25, 0.3) is 0 Å². The van der Waals surface area contributed by atoms with E-state index in [2.05, 4.69) is 4.90 Å². The average molecular weight is 355 g/mol. The number of nitrogens with zero attached hydrogens (tertiary/aromatic N) is 3. The van der Waals surface area contributed by atoms with Gasteiger partial charge < -0.3 is 10.0 Å². The smallest absolute Gasteiger partial charge is 0.269 e. The molecule has 1 fully saturated rings. The van der Waals surface area contributed by atoms with E-state index < -0.39 is 4.92 Å². The van der Waals surface area contributed by atoms with Crippen LogP contribution in [0.4, 0.5) is 5.69 Å². The fraction of sp³-hybridized carbons (Fsp3) is 0.316. The van der Waals surface area contributed by atoms with Gasteiger partial charge in [0.1, 0.15) is 5.75 Å². The minimum Gasteiger partial charge on any atom is -0.508 e. The van der Waals surface area contributed by atoms with E-state index in [0.29, 0.717) is 24.4 Å². The van der Waals surface area contributed by atoms with Gasteiger partial charge in [-0.2, -0.15) is 0 Å². The quantitative estimate of drug-likeness (QED) is 0.657. The minimum atomic E-state index is -0.475. The Labute approximate surface area is 151 Å². The highest BCUT2D eigenvalue weighted by Crippen LogP contribution is 2.18. The molecule has 3 rings (SSSR count). The van der Waals surface area contributed by atoms with E-state index in [0.717, 1.165) is 31.6 Å². The van der Waals surface area contributed by atoms with Crippen LogP contribution in [0.5, 0.6) is 5.75 Å². The third-order valence-electron chi connectivity index (χ3n) is 4.67. The molecule has 1 aliphatic heterocycles. The van der Waals surface area contributed by atoms with E-state index in [1.807, 2.05) is 12.1 Å². The van der Waals surface area contributed by atoms with Crippen LogP contribution in [0.3, 0.4) is 0 Å². The van der Waals surface area contributed by atoms with Gasteiger partial charge in [0, 0.05) is 50.4 Å². The summed E-state index contributed by atoms with van der Waals surface area (Å²) in [7, 11) is 0. The summed E-state index contributed by atoms with van der Waals surface area (Å²) in [5.74, 6) is 0.222. The number of hydrogen-bond donors (Lipinski definition) is 1. The van der Waals surface area contributed by atoms with Gasteiger partial charge >= 0.3 is 0 Å². The molecule has 1 N–H and O–H groups in total. The van der Waals surface area contributed by atoms with E-state index in [4.69, 9.17) is 0 Å². The maximum Gasteiger partial charge on any atom is 0.269 e. The predicted octanol–water partition coefficient (Wildman–Crippen LogP) is 2.30. The predicted molar refractivity (Wildman–Crippen MR) is 97.3 cm³/mol.